The Morgan fingerprint density at radius 2 is 2.25 bits per heavy atom. The molecule has 0 aliphatic heterocycles. The van der Waals surface area contributed by atoms with E-state index in [-0.39, 0.29) is 18.0 Å². The second kappa shape index (κ2) is 3.30. The predicted molar refractivity (Wildman–Crippen MR) is 43.6 cm³/mol. The van der Waals surface area contributed by atoms with Gasteiger partial charge in [-0.05, 0) is 19.9 Å². The fourth-order valence-corrected chi connectivity index (χ4v) is 0.849. The van der Waals surface area contributed by atoms with Gasteiger partial charge in [-0.25, -0.2) is 9.36 Å². The lowest BCUT2D eigenvalue weighted by Gasteiger charge is -2.08. The van der Waals surface area contributed by atoms with Crippen molar-refractivity contribution >= 4 is 6.03 Å². The normalized spacial score (nSPS) is 10.2. The zero-order valence-corrected chi connectivity index (χ0v) is 7.07. The average molecular weight is 167 g/mol. The van der Waals surface area contributed by atoms with E-state index in [4.69, 9.17) is 0 Å². The van der Waals surface area contributed by atoms with Crippen molar-refractivity contribution in [3.8, 4) is 5.88 Å². The third-order valence-corrected chi connectivity index (χ3v) is 1.34. The predicted octanol–water partition coefficient (Wildman–Crippen LogP) is 1.60. The average Bonchev–Trinajstić information content (AvgIpc) is 2.33. The molecule has 0 saturated heterocycles. The van der Waals surface area contributed by atoms with Gasteiger partial charge < -0.3 is 5.32 Å². The van der Waals surface area contributed by atoms with E-state index in [2.05, 4.69) is 5.32 Å². The Morgan fingerprint density at radius 1 is 1.58 bits per heavy atom. The lowest BCUT2D eigenvalue weighted by Crippen LogP contribution is -2.33. The Kier molecular flexibility index (Phi) is 2.38. The van der Waals surface area contributed by atoms with Crippen LogP contribution in [0.4, 0.5) is 4.79 Å². The summed E-state index contributed by atoms with van der Waals surface area (Å²) in [7, 11) is 0. The van der Waals surface area contributed by atoms with Crippen molar-refractivity contribution in [2.24, 2.45) is 0 Å². The van der Waals surface area contributed by atoms with Crippen LogP contribution in [0.5, 0.6) is 5.88 Å². The number of hydrogen-bond donors (Lipinski definition) is 1. The molecule has 1 heterocycles. The summed E-state index contributed by atoms with van der Waals surface area (Å²) >= 11 is 0. The fraction of sp³-hybridized carbons (Fsp3) is 0.375. The molecule has 1 rings (SSSR count). The van der Waals surface area contributed by atoms with Crippen molar-refractivity contribution in [3.05, 3.63) is 18.3 Å². The minimum atomic E-state index is -0.375. The van der Waals surface area contributed by atoms with Crippen LogP contribution in [0.3, 0.4) is 0 Å². The molecule has 65 valence electrons. The van der Waals surface area contributed by atoms with Crippen LogP contribution < -0.4 is 5.32 Å². The summed E-state index contributed by atoms with van der Waals surface area (Å²) in [5.41, 5.74) is 0. The summed E-state index contributed by atoms with van der Waals surface area (Å²) in [5.74, 6) is -0.298. The van der Waals surface area contributed by atoms with Crippen LogP contribution >= 0.6 is 0 Å². The molecule has 12 heavy (non-hydrogen) atoms. The maximum Gasteiger partial charge on any atom is 0.328 e. The minimum Gasteiger partial charge on any atom is -0.335 e. The summed E-state index contributed by atoms with van der Waals surface area (Å²) in [4.78, 5) is 11.2. The van der Waals surface area contributed by atoms with Gasteiger partial charge in [0.05, 0.1) is 0 Å². The van der Waals surface area contributed by atoms with E-state index in [1.807, 2.05) is 13.8 Å². The van der Waals surface area contributed by atoms with Crippen LogP contribution in [-0.2, 0) is 5.11 Å². The van der Waals surface area contributed by atoms with E-state index in [0.29, 0.717) is 0 Å². The summed E-state index contributed by atoms with van der Waals surface area (Å²) < 4.78 is 1.04. The van der Waals surface area contributed by atoms with Crippen LogP contribution in [0.1, 0.15) is 13.8 Å². The van der Waals surface area contributed by atoms with Crippen molar-refractivity contribution in [3.63, 3.8) is 0 Å². The van der Waals surface area contributed by atoms with Crippen molar-refractivity contribution in [1.82, 2.24) is 9.88 Å². The van der Waals surface area contributed by atoms with Crippen molar-refractivity contribution in [2.45, 2.75) is 19.9 Å². The van der Waals surface area contributed by atoms with Gasteiger partial charge in [-0.1, -0.05) is 0 Å². The first kappa shape index (κ1) is 8.64. The van der Waals surface area contributed by atoms with Gasteiger partial charge in [-0.15, -0.1) is 0 Å². The van der Waals surface area contributed by atoms with E-state index in [1.54, 1.807) is 6.07 Å². The van der Waals surface area contributed by atoms with E-state index in [9.17, 15) is 9.90 Å². The summed E-state index contributed by atoms with van der Waals surface area (Å²) in [6, 6.07) is 2.56. The molecule has 1 radical (unpaired) electrons. The fourth-order valence-electron chi connectivity index (χ4n) is 0.849. The molecule has 0 atom stereocenters. The Morgan fingerprint density at radius 3 is 2.67 bits per heavy atom. The van der Waals surface area contributed by atoms with Crippen LogP contribution in [0.25, 0.3) is 0 Å². The molecule has 1 aromatic rings. The number of aromatic nitrogens is 1. The highest BCUT2D eigenvalue weighted by atomic mass is 16.3. The van der Waals surface area contributed by atoms with Gasteiger partial charge in [-0.3, -0.25) is 5.11 Å². The van der Waals surface area contributed by atoms with Gasteiger partial charge in [0, 0.05) is 18.3 Å². The molecule has 0 spiro atoms. The van der Waals surface area contributed by atoms with Gasteiger partial charge in [0.2, 0.25) is 0 Å². The topological polar surface area (TPSA) is 53.9 Å². The highest BCUT2D eigenvalue weighted by Crippen LogP contribution is 2.09. The lowest BCUT2D eigenvalue weighted by atomic mass is 10.4. The number of hydrogen-bond acceptors (Lipinski definition) is 1. The van der Waals surface area contributed by atoms with Gasteiger partial charge >= 0.3 is 6.03 Å². The van der Waals surface area contributed by atoms with Gasteiger partial charge in [0.15, 0.2) is 0 Å². The zero-order chi connectivity index (χ0) is 9.14. The van der Waals surface area contributed by atoms with Crippen molar-refractivity contribution < 1.29 is 9.90 Å². The van der Waals surface area contributed by atoms with E-state index in [0.717, 1.165) is 4.57 Å². The lowest BCUT2D eigenvalue weighted by molar-refractivity contribution is 0.233. The molecular weight excluding hydrogens is 156 g/mol. The van der Waals surface area contributed by atoms with E-state index in [1.165, 1.54) is 12.3 Å². The van der Waals surface area contributed by atoms with E-state index >= 15 is 0 Å². The Hall–Kier alpha value is -1.45. The van der Waals surface area contributed by atoms with Crippen molar-refractivity contribution in [1.29, 1.82) is 0 Å². The molecule has 0 bridgehead atoms. The number of nitrogens with one attached hydrogen (secondary N) is 1. The number of nitrogens with zero attached hydrogens (tertiary/aromatic N) is 1. The van der Waals surface area contributed by atoms with Crippen LogP contribution in [0.2, 0.25) is 0 Å². The molecular formula is C8H11N2O2. The number of carbonyl (C=O) groups excluding carboxylic acids is 1. The maximum absolute atomic E-state index is 11.2. The monoisotopic (exact) mass is 167 g/mol. The second-order valence-electron chi connectivity index (χ2n) is 2.82. The molecule has 0 fully saturated rings. The zero-order valence-electron chi connectivity index (χ0n) is 7.07. The molecule has 1 aromatic heterocycles. The molecule has 0 saturated carbocycles. The van der Waals surface area contributed by atoms with Gasteiger partial charge in [0.25, 0.3) is 5.88 Å². The SMILES string of the molecule is CC(C)NC(=O)n1cccc1[O]. The molecule has 4 heteroatoms. The molecule has 1 amide bonds. The smallest absolute Gasteiger partial charge is 0.328 e. The number of rotatable bonds is 1. The summed E-state index contributed by atoms with van der Waals surface area (Å²) in [5, 5.41) is 13.6. The largest absolute Gasteiger partial charge is 0.335 e. The Balaban J connectivity index is 2.72. The molecule has 1 N–H and O–H groups in total. The maximum atomic E-state index is 11.2. The standard InChI is InChI=1S/C8H11N2O2/c1-6(2)9-8(12)10-5-3-4-7(10)11/h3-6H,1-2H3,(H,9,12). The third kappa shape index (κ3) is 1.78. The minimum absolute atomic E-state index is 0.0410. The van der Waals surface area contributed by atoms with E-state index < -0.39 is 0 Å². The van der Waals surface area contributed by atoms with Gasteiger partial charge in [0.1, 0.15) is 0 Å². The molecule has 0 aliphatic rings. The third-order valence-electron chi connectivity index (χ3n) is 1.34. The first-order chi connectivity index (χ1) is 5.61. The van der Waals surface area contributed by atoms with Crippen molar-refractivity contribution in [2.75, 3.05) is 0 Å². The van der Waals surface area contributed by atoms with Crippen LogP contribution in [-0.4, -0.2) is 16.6 Å². The quantitative estimate of drug-likeness (QED) is 0.678. The Bertz CT molecular complexity index is 278. The molecule has 0 aromatic carbocycles. The molecule has 0 aliphatic carbocycles. The number of carbonyl (C=O) groups is 1. The molecule has 0 unspecified atom stereocenters. The Labute approximate surface area is 70.8 Å². The highest BCUT2D eigenvalue weighted by molar-refractivity contribution is 5.78. The number of amides is 1. The highest BCUT2D eigenvalue weighted by Gasteiger charge is 2.09. The van der Waals surface area contributed by atoms with Crippen LogP contribution in [0, 0.1) is 0 Å². The van der Waals surface area contributed by atoms with Crippen LogP contribution in [0.15, 0.2) is 18.3 Å². The summed E-state index contributed by atoms with van der Waals surface area (Å²) in [6.07, 6.45) is 1.44. The first-order valence-electron chi connectivity index (χ1n) is 3.76. The second-order valence-corrected chi connectivity index (χ2v) is 2.82. The molecule has 4 nitrogen and oxygen atoms in total. The summed E-state index contributed by atoms with van der Waals surface area (Å²) in [6.45, 7) is 3.68. The van der Waals surface area contributed by atoms with Gasteiger partial charge in [-0.2, -0.15) is 0 Å². The first-order valence-corrected chi connectivity index (χ1v) is 3.76.